The Morgan fingerprint density at radius 3 is 2.29 bits per heavy atom. The molecule has 1 rings (SSSR count). The number of nitrogen functional groups attached to an aromatic ring is 1. The van der Waals surface area contributed by atoms with Gasteiger partial charge in [-0.05, 0) is 25.1 Å². The molecule has 0 bridgehead atoms. The van der Waals surface area contributed by atoms with Crippen molar-refractivity contribution in [3.63, 3.8) is 0 Å². The molecule has 0 aliphatic carbocycles. The van der Waals surface area contributed by atoms with Gasteiger partial charge in [0.25, 0.3) is 0 Å². The van der Waals surface area contributed by atoms with Gasteiger partial charge >= 0.3 is 0 Å². The molecule has 0 heterocycles. The van der Waals surface area contributed by atoms with Crippen LogP contribution < -0.4 is 10.5 Å². The Morgan fingerprint density at radius 2 is 1.67 bits per heavy atom. The minimum absolute atomic E-state index is 0.0811. The third-order valence-electron chi connectivity index (χ3n) is 2.70. The van der Waals surface area contributed by atoms with E-state index in [2.05, 4.69) is 0 Å². The van der Waals surface area contributed by atoms with Gasteiger partial charge in [0.05, 0.1) is 33.0 Å². The molecule has 0 saturated heterocycles. The lowest BCUT2D eigenvalue weighted by Gasteiger charge is -2.09. The van der Waals surface area contributed by atoms with Crippen molar-refractivity contribution in [3.05, 3.63) is 23.8 Å². The predicted molar refractivity (Wildman–Crippen MR) is 79.9 cm³/mol. The van der Waals surface area contributed by atoms with Crippen molar-refractivity contribution in [3.8, 4) is 5.75 Å². The minimum Gasteiger partial charge on any atom is -0.491 e. The highest BCUT2D eigenvalue weighted by Crippen LogP contribution is 2.20. The zero-order chi connectivity index (χ0) is 15.5. The molecule has 21 heavy (non-hydrogen) atoms. The number of ether oxygens (including phenoxy) is 4. The Bertz CT molecular complexity index is 436. The number of anilines is 1. The van der Waals surface area contributed by atoms with Crippen LogP contribution in [0.15, 0.2) is 18.2 Å². The zero-order valence-corrected chi connectivity index (χ0v) is 12.6. The van der Waals surface area contributed by atoms with E-state index in [-0.39, 0.29) is 5.78 Å². The van der Waals surface area contributed by atoms with Gasteiger partial charge in [0.1, 0.15) is 12.4 Å². The van der Waals surface area contributed by atoms with Crippen LogP contribution >= 0.6 is 0 Å². The Morgan fingerprint density at radius 1 is 1.05 bits per heavy atom. The largest absolute Gasteiger partial charge is 0.491 e. The van der Waals surface area contributed by atoms with Crippen LogP contribution in [0.2, 0.25) is 0 Å². The second-order valence-electron chi connectivity index (χ2n) is 4.37. The molecule has 0 aliphatic rings. The van der Waals surface area contributed by atoms with Crippen molar-refractivity contribution in [1.29, 1.82) is 0 Å². The lowest BCUT2D eigenvalue weighted by molar-refractivity contribution is 0.0179. The number of methoxy groups -OCH3 is 1. The maximum absolute atomic E-state index is 11.4. The summed E-state index contributed by atoms with van der Waals surface area (Å²) in [5.74, 6) is 0.525. The molecule has 118 valence electrons. The molecule has 0 saturated carbocycles. The van der Waals surface area contributed by atoms with Crippen LogP contribution in [0.4, 0.5) is 5.69 Å². The molecule has 0 spiro atoms. The number of hydrogen-bond acceptors (Lipinski definition) is 6. The molecule has 0 aromatic heterocycles. The third kappa shape index (κ3) is 7.08. The first-order valence-corrected chi connectivity index (χ1v) is 6.83. The van der Waals surface area contributed by atoms with Gasteiger partial charge in [0.15, 0.2) is 5.78 Å². The highest BCUT2D eigenvalue weighted by molar-refractivity contribution is 5.99. The molecule has 6 heteroatoms. The maximum atomic E-state index is 11.4. The maximum Gasteiger partial charge on any atom is 0.162 e. The van der Waals surface area contributed by atoms with Crippen molar-refractivity contribution >= 4 is 11.5 Å². The van der Waals surface area contributed by atoms with Crippen molar-refractivity contribution in [2.24, 2.45) is 0 Å². The molecule has 0 atom stereocenters. The van der Waals surface area contributed by atoms with Gasteiger partial charge < -0.3 is 24.7 Å². The molecule has 6 nitrogen and oxygen atoms in total. The van der Waals surface area contributed by atoms with Gasteiger partial charge in [-0.1, -0.05) is 0 Å². The average molecular weight is 297 g/mol. The number of rotatable bonds is 11. The smallest absolute Gasteiger partial charge is 0.162 e. The van der Waals surface area contributed by atoms with Crippen LogP contribution in [-0.4, -0.2) is 52.5 Å². The summed E-state index contributed by atoms with van der Waals surface area (Å²) >= 11 is 0. The number of hydrogen-bond donors (Lipinski definition) is 1. The Kier molecular flexibility index (Phi) is 8.42. The summed E-state index contributed by atoms with van der Waals surface area (Å²) in [7, 11) is 1.63. The second-order valence-corrected chi connectivity index (χ2v) is 4.37. The number of Topliss-reactive ketones (excluding diaryl/α,β-unsaturated/α-hetero) is 1. The third-order valence-corrected chi connectivity index (χ3v) is 2.70. The van der Waals surface area contributed by atoms with Crippen LogP contribution in [0, 0.1) is 0 Å². The Labute approximate surface area is 125 Å². The van der Waals surface area contributed by atoms with E-state index >= 15 is 0 Å². The van der Waals surface area contributed by atoms with Crippen molar-refractivity contribution in [2.75, 3.05) is 52.5 Å². The topological polar surface area (TPSA) is 80.0 Å². The van der Waals surface area contributed by atoms with Gasteiger partial charge in [-0.15, -0.1) is 0 Å². The van der Waals surface area contributed by atoms with Crippen LogP contribution in [0.1, 0.15) is 17.3 Å². The van der Waals surface area contributed by atoms with E-state index in [4.69, 9.17) is 24.7 Å². The van der Waals surface area contributed by atoms with E-state index in [1.54, 1.807) is 25.3 Å². The van der Waals surface area contributed by atoms with Gasteiger partial charge in [-0.2, -0.15) is 0 Å². The summed E-state index contributed by atoms with van der Waals surface area (Å²) < 4.78 is 21.0. The fourth-order valence-electron chi connectivity index (χ4n) is 1.61. The molecule has 2 N–H and O–H groups in total. The first-order chi connectivity index (χ1) is 10.1. The second kappa shape index (κ2) is 10.1. The molecule has 0 fully saturated rings. The summed E-state index contributed by atoms with van der Waals surface area (Å²) in [4.78, 5) is 11.4. The van der Waals surface area contributed by atoms with Crippen molar-refractivity contribution < 1.29 is 23.7 Å². The Hall–Kier alpha value is -1.63. The highest BCUT2D eigenvalue weighted by Gasteiger charge is 2.06. The molecule has 0 radical (unpaired) electrons. The van der Waals surface area contributed by atoms with Crippen LogP contribution in [-0.2, 0) is 14.2 Å². The van der Waals surface area contributed by atoms with Crippen LogP contribution in [0.3, 0.4) is 0 Å². The molecule has 0 unspecified atom stereocenters. The van der Waals surface area contributed by atoms with Crippen LogP contribution in [0.25, 0.3) is 0 Å². The summed E-state index contributed by atoms with van der Waals surface area (Å²) in [6, 6.07) is 5.04. The summed E-state index contributed by atoms with van der Waals surface area (Å²) in [6.07, 6.45) is 0. The molecule has 0 aliphatic heterocycles. The van der Waals surface area contributed by atoms with Gasteiger partial charge in [-0.25, -0.2) is 0 Å². The van der Waals surface area contributed by atoms with Gasteiger partial charge in [-0.3, -0.25) is 4.79 Å². The van der Waals surface area contributed by atoms with Crippen molar-refractivity contribution in [1.82, 2.24) is 0 Å². The van der Waals surface area contributed by atoms with E-state index in [0.29, 0.717) is 56.6 Å². The quantitative estimate of drug-likeness (QED) is 0.379. The van der Waals surface area contributed by atoms with Crippen LogP contribution in [0.5, 0.6) is 5.75 Å². The first-order valence-electron chi connectivity index (χ1n) is 6.83. The number of ketones is 1. The van der Waals surface area contributed by atoms with Gasteiger partial charge in [0, 0.05) is 18.4 Å². The Balaban J connectivity index is 2.16. The molecule has 1 aromatic rings. The number of nitrogens with two attached hydrogens (primary N) is 1. The van der Waals surface area contributed by atoms with E-state index < -0.39 is 0 Å². The normalized spacial score (nSPS) is 10.6. The fourth-order valence-corrected chi connectivity index (χ4v) is 1.61. The SMILES string of the molecule is COCCOCCOCCOc1ccc(N)c(C(C)=O)c1. The van der Waals surface area contributed by atoms with E-state index in [9.17, 15) is 4.79 Å². The van der Waals surface area contributed by atoms with E-state index in [0.717, 1.165) is 0 Å². The number of benzene rings is 1. The standard InChI is InChI=1S/C15H23NO5/c1-12(17)14-11-13(3-4-15(14)16)21-10-9-20-8-7-19-6-5-18-2/h3-4,11H,5-10,16H2,1-2H3. The lowest BCUT2D eigenvalue weighted by atomic mass is 10.1. The summed E-state index contributed by atoms with van der Waals surface area (Å²) in [6.45, 7) is 4.51. The van der Waals surface area contributed by atoms with Gasteiger partial charge in [0.2, 0.25) is 0 Å². The number of carbonyl (C=O) groups is 1. The van der Waals surface area contributed by atoms with E-state index in [1.807, 2.05) is 0 Å². The van der Waals surface area contributed by atoms with Crippen molar-refractivity contribution in [2.45, 2.75) is 6.92 Å². The predicted octanol–water partition coefficient (Wildman–Crippen LogP) is 1.53. The first kappa shape index (κ1) is 17.4. The molecular formula is C15H23NO5. The minimum atomic E-state index is -0.0811. The lowest BCUT2D eigenvalue weighted by Crippen LogP contribution is -2.12. The molecule has 0 amide bonds. The fraction of sp³-hybridized carbons (Fsp3) is 0.533. The highest BCUT2D eigenvalue weighted by atomic mass is 16.6. The van der Waals surface area contributed by atoms with E-state index in [1.165, 1.54) is 6.92 Å². The number of carbonyl (C=O) groups excluding carboxylic acids is 1. The average Bonchev–Trinajstić information content (AvgIpc) is 2.47. The monoisotopic (exact) mass is 297 g/mol. The summed E-state index contributed by atoms with van der Waals surface area (Å²) in [5, 5.41) is 0. The summed E-state index contributed by atoms with van der Waals surface area (Å²) in [5.41, 5.74) is 6.64. The molecular weight excluding hydrogens is 274 g/mol. The molecule has 1 aromatic carbocycles. The zero-order valence-electron chi connectivity index (χ0n) is 12.6.